The third-order valence-electron chi connectivity index (χ3n) is 1.47. The van der Waals surface area contributed by atoms with Crippen LogP contribution in [0.2, 0.25) is 0 Å². The van der Waals surface area contributed by atoms with E-state index in [2.05, 4.69) is 24.9 Å². The highest BCUT2D eigenvalue weighted by atomic mass is 32.2. The first-order valence-corrected chi connectivity index (χ1v) is 5.70. The Morgan fingerprint density at radius 3 is 3.06 bits per heavy atom. The van der Waals surface area contributed by atoms with Crippen LogP contribution in [0.1, 0.15) is 5.82 Å². The van der Waals surface area contributed by atoms with Gasteiger partial charge in [-0.2, -0.15) is 4.37 Å². The summed E-state index contributed by atoms with van der Waals surface area (Å²) in [7, 11) is 0. The monoisotopic (exact) mass is 258 g/mol. The summed E-state index contributed by atoms with van der Waals surface area (Å²) in [5, 5.41) is 19.7. The first-order chi connectivity index (χ1) is 7.65. The topological polar surface area (TPSA) is 107 Å². The van der Waals surface area contributed by atoms with Crippen LogP contribution in [0.4, 0.5) is 0 Å². The van der Waals surface area contributed by atoms with Gasteiger partial charge in [0.05, 0.1) is 0 Å². The summed E-state index contributed by atoms with van der Waals surface area (Å²) in [6.07, 6.45) is 0. The predicted molar refractivity (Wildman–Crippen MR) is 54.2 cm³/mol. The molecule has 0 aromatic carbocycles. The first kappa shape index (κ1) is 11.0. The standard InChI is InChI=1S/C6H6N6O2S2/c1-3-7-6(16-9-3)15-5-8-10-11-12(5)2-4(13)14/h2H2,1H3,(H,13,14). The van der Waals surface area contributed by atoms with Gasteiger partial charge in [0.25, 0.3) is 0 Å². The van der Waals surface area contributed by atoms with Gasteiger partial charge >= 0.3 is 5.97 Å². The summed E-state index contributed by atoms with van der Waals surface area (Å²) in [6.45, 7) is 1.51. The molecule has 0 unspecified atom stereocenters. The molecule has 1 N–H and O–H groups in total. The summed E-state index contributed by atoms with van der Waals surface area (Å²) < 4.78 is 5.88. The molecule has 2 aromatic rings. The zero-order valence-electron chi connectivity index (χ0n) is 8.06. The molecular formula is C6H6N6O2S2. The Balaban J connectivity index is 2.15. The van der Waals surface area contributed by atoms with Crippen LogP contribution in [0.3, 0.4) is 0 Å². The molecule has 0 saturated heterocycles. The number of tetrazole rings is 1. The van der Waals surface area contributed by atoms with E-state index in [-0.39, 0.29) is 6.54 Å². The average Bonchev–Trinajstić information content (AvgIpc) is 2.77. The maximum Gasteiger partial charge on any atom is 0.325 e. The van der Waals surface area contributed by atoms with Gasteiger partial charge in [-0.1, -0.05) is 0 Å². The summed E-state index contributed by atoms with van der Waals surface area (Å²) in [6, 6.07) is 0. The lowest BCUT2D eigenvalue weighted by Crippen LogP contribution is -2.11. The van der Waals surface area contributed by atoms with Gasteiger partial charge in [-0.15, -0.1) is 5.10 Å². The zero-order valence-corrected chi connectivity index (χ0v) is 9.70. The molecule has 0 aliphatic heterocycles. The number of hydrogen-bond acceptors (Lipinski definition) is 8. The fraction of sp³-hybridized carbons (Fsp3) is 0.333. The van der Waals surface area contributed by atoms with Crippen molar-refractivity contribution in [1.82, 2.24) is 29.6 Å². The molecule has 0 aliphatic carbocycles. The Kier molecular flexibility index (Phi) is 3.10. The minimum absolute atomic E-state index is 0.271. The van der Waals surface area contributed by atoms with Crippen LogP contribution < -0.4 is 0 Å². The normalized spacial score (nSPS) is 10.6. The van der Waals surface area contributed by atoms with E-state index in [0.717, 1.165) is 0 Å². The average molecular weight is 258 g/mol. The molecule has 0 amide bonds. The quantitative estimate of drug-likeness (QED) is 0.821. The van der Waals surface area contributed by atoms with Crippen molar-refractivity contribution in [3.63, 3.8) is 0 Å². The molecule has 2 aromatic heterocycles. The number of aromatic nitrogens is 6. The molecule has 0 spiro atoms. The van der Waals surface area contributed by atoms with Crippen LogP contribution in [0, 0.1) is 6.92 Å². The lowest BCUT2D eigenvalue weighted by molar-refractivity contribution is -0.138. The number of aryl methyl sites for hydroxylation is 1. The fourth-order valence-electron chi connectivity index (χ4n) is 0.894. The number of carboxylic acids is 1. The Hall–Kier alpha value is -1.55. The van der Waals surface area contributed by atoms with Crippen LogP contribution >= 0.6 is 23.3 Å². The number of rotatable bonds is 4. The van der Waals surface area contributed by atoms with Crippen LogP contribution in [0.5, 0.6) is 0 Å². The largest absolute Gasteiger partial charge is 0.480 e. The van der Waals surface area contributed by atoms with E-state index in [1.54, 1.807) is 6.92 Å². The molecule has 0 radical (unpaired) electrons. The maximum absolute atomic E-state index is 10.5. The minimum Gasteiger partial charge on any atom is -0.480 e. The highest BCUT2D eigenvalue weighted by Gasteiger charge is 2.13. The molecular weight excluding hydrogens is 252 g/mol. The Morgan fingerprint density at radius 1 is 1.62 bits per heavy atom. The van der Waals surface area contributed by atoms with Crippen molar-refractivity contribution in [2.24, 2.45) is 0 Å². The Labute approximate surface area is 97.9 Å². The molecule has 8 nitrogen and oxygen atoms in total. The lowest BCUT2D eigenvalue weighted by Gasteiger charge is -1.97. The third kappa shape index (κ3) is 2.52. The fourth-order valence-corrected chi connectivity index (χ4v) is 2.42. The van der Waals surface area contributed by atoms with Crippen LogP contribution in [-0.2, 0) is 11.3 Å². The molecule has 0 bridgehead atoms. The van der Waals surface area contributed by atoms with E-state index >= 15 is 0 Å². The smallest absolute Gasteiger partial charge is 0.325 e. The number of carboxylic acid groups (broad SMARTS) is 1. The molecule has 16 heavy (non-hydrogen) atoms. The van der Waals surface area contributed by atoms with E-state index in [1.165, 1.54) is 28.0 Å². The molecule has 10 heteroatoms. The van der Waals surface area contributed by atoms with Gasteiger partial charge < -0.3 is 5.11 Å². The van der Waals surface area contributed by atoms with Gasteiger partial charge in [0.2, 0.25) is 5.16 Å². The van der Waals surface area contributed by atoms with Gasteiger partial charge in [-0.3, -0.25) is 4.79 Å². The maximum atomic E-state index is 10.5. The van der Waals surface area contributed by atoms with Crippen molar-refractivity contribution in [2.75, 3.05) is 0 Å². The summed E-state index contributed by atoms with van der Waals surface area (Å²) >= 11 is 2.41. The van der Waals surface area contributed by atoms with E-state index in [4.69, 9.17) is 5.11 Å². The van der Waals surface area contributed by atoms with Gasteiger partial charge in [0, 0.05) is 0 Å². The van der Waals surface area contributed by atoms with Crippen molar-refractivity contribution in [1.29, 1.82) is 0 Å². The first-order valence-electron chi connectivity index (χ1n) is 4.11. The van der Waals surface area contributed by atoms with Crippen molar-refractivity contribution in [3.05, 3.63) is 5.82 Å². The molecule has 0 atom stereocenters. The zero-order chi connectivity index (χ0) is 11.5. The van der Waals surface area contributed by atoms with Crippen LogP contribution in [0.25, 0.3) is 0 Å². The highest BCUT2D eigenvalue weighted by Crippen LogP contribution is 2.26. The summed E-state index contributed by atoms with van der Waals surface area (Å²) in [4.78, 5) is 14.6. The SMILES string of the molecule is Cc1nsc(Sc2nnnn2CC(=O)O)n1. The number of hydrogen-bond donors (Lipinski definition) is 1. The van der Waals surface area contributed by atoms with E-state index in [9.17, 15) is 4.79 Å². The lowest BCUT2D eigenvalue weighted by atomic mass is 10.7. The second kappa shape index (κ2) is 4.53. The third-order valence-corrected chi connectivity index (χ3v) is 3.29. The molecule has 2 heterocycles. The molecule has 84 valence electrons. The highest BCUT2D eigenvalue weighted by molar-refractivity contribution is 8.00. The molecule has 0 fully saturated rings. The second-order valence-corrected chi connectivity index (χ2v) is 4.69. The predicted octanol–water partition coefficient (Wildman–Crippen LogP) is 0.0688. The Morgan fingerprint density at radius 2 is 2.44 bits per heavy atom. The van der Waals surface area contributed by atoms with E-state index in [0.29, 0.717) is 15.3 Å². The second-order valence-electron chi connectivity index (χ2n) is 2.72. The molecule has 2 rings (SSSR count). The van der Waals surface area contributed by atoms with E-state index < -0.39 is 5.97 Å². The van der Waals surface area contributed by atoms with Crippen molar-refractivity contribution in [3.8, 4) is 0 Å². The number of aliphatic carboxylic acids is 1. The van der Waals surface area contributed by atoms with Crippen molar-refractivity contribution < 1.29 is 9.90 Å². The summed E-state index contributed by atoms with van der Waals surface area (Å²) in [5.74, 6) is -0.327. The van der Waals surface area contributed by atoms with Crippen molar-refractivity contribution in [2.45, 2.75) is 23.0 Å². The van der Waals surface area contributed by atoms with Crippen LogP contribution in [-0.4, -0.2) is 40.6 Å². The van der Waals surface area contributed by atoms with Gasteiger partial charge in [-0.05, 0) is 40.6 Å². The van der Waals surface area contributed by atoms with Crippen LogP contribution in [0.15, 0.2) is 9.50 Å². The van der Waals surface area contributed by atoms with Gasteiger partial charge in [-0.25, -0.2) is 9.67 Å². The van der Waals surface area contributed by atoms with Crippen molar-refractivity contribution >= 4 is 29.3 Å². The number of carbonyl (C=O) groups is 1. The molecule has 0 aliphatic rings. The Bertz CT molecular complexity index is 509. The van der Waals surface area contributed by atoms with Gasteiger partial charge in [0.1, 0.15) is 12.4 Å². The minimum atomic E-state index is -0.998. The summed E-state index contributed by atoms with van der Waals surface area (Å²) in [5.41, 5.74) is 0. The number of nitrogens with zero attached hydrogens (tertiary/aromatic N) is 6. The van der Waals surface area contributed by atoms with E-state index in [1.807, 2.05) is 0 Å². The van der Waals surface area contributed by atoms with Gasteiger partial charge in [0.15, 0.2) is 4.34 Å². The molecule has 0 saturated carbocycles.